The van der Waals surface area contributed by atoms with Crippen molar-refractivity contribution >= 4 is 11.1 Å². The molecule has 1 rings (SSSR count). The molecule has 0 saturated carbocycles. The van der Waals surface area contributed by atoms with E-state index in [2.05, 4.69) is 56.9 Å². The van der Waals surface area contributed by atoms with E-state index < -0.39 is 0 Å². The Morgan fingerprint density at radius 1 is 1.17 bits per heavy atom. The van der Waals surface area contributed by atoms with Crippen LogP contribution in [0.1, 0.15) is 37.5 Å². The van der Waals surface area contributed by atoms with Crippen LogP contribution < -0.4 is 0 Å². The molecule has 0 aliphatic rings. The highest BCUT2D eigenvalue weighted by atomic mass is 14.1. The molecule has 94 valence electrons. The zero-order chi connectivity index (χ0) is 13.5. The summed E-state index contributed by atoms with van der Waals surface area (Å²) >= 11 is 0. The molecule has 0 saturated heterocycles. The maximum Gasteiger partial charge on any atom is -0.0152 e. The number of aryl methyl sites for hydroxylation is 1. The van der Waals surface area contributed by atoms with Crippen LogP contribution in [0.25, 0.3) is 11.1 Å². The van der Waals surface area contributed by atoms with Crippen molar-refractivity contribution in [3.63, 3.8) is 0 Å². The third-order valence-electron chi connectivity index (χ3n) is 2.93. The van der Waals surface area contributed by atoms with Gasteiger partial charge in [0.2, 0.25) is 0 Å². The molecule has 0 heterocycles. The van der Waals surface area contributed by atoms with E-state index in [4.69, 9.17) is 0 Å². The first-order chi connectivity index (χ1) is 8.60. The lowest BCUT2D eigenvalue weighted by molar-refractivity contribution is 1.40. The van der Waals surface area contributed by atoms with E-state index in [1.54, 1.807) is 0 Å². The van der Waals surface area contributed by atoms with Gasteiger partial charge < -0.3 is 0 Å². The predicted molar refractivity (Wildman–Crippen MR) is 83.5 cm³/mol. The van der Waals surface area contributed by atoms with E-state index in [0.717, 1.165) is 5.57 Å². The van der Waals surface area contributed by atoms with Crippen LogP contribution in [0, 0.1) is 6.92 Å². The smallest absolute Gasteiger partial charge is 0.0152 e. The minimum absolute atomic E-state index is 1.10. The minimum Gasteiger partial charge on any atom is -0.0955 e. The molecule has 0 spiro atoms. The van der Waals surface area contributed by atoms with Crippen molar-refractivity contribution in [1.29, 1.82) is 0 Å². The SMILES string of the molecule is C=C(C)c1ccc(C)c(C(/C=C\C=C/C)=C\C)c1. The summed E-state index contributed by atoms with van der Waals surface area (Å²) < 4.78 is 0. The van der Waals surface area contributed by atoms with Gasteiger partial charge in [-0.15, -0.1) is 0 Å². The summed E-state index contributed by atoms with van der Waals surface area (Å²) in [6.07, 6.45) is 10.4. The third-order valence-corrected chi connectivity index (χ3v) is 2.93. The molecule has 0 unspecified atom stereocenters. The summed E-state index contributed by atoms with van der Waals surface area (Å²) in [5, 5.41) is 0. The standard InChI is InChI=1S/C18H22/c1-6-8-9-10-16(7-2)18-13-17(14(3)4)12-11-15(18)5/h6-13H,3H2,1-2,4-5H3/b8-6-,10-9-,16-7-. The topological polar surface area (TPSA) is 0 Å². The average Bonchev–Trinajstić information content (AvgIpc) is 2.35. The Hall–Kier alpha value is -1.82. The second-order valence-corrected chi connectivity index (χ2v) is 4.44. The van der Waals surface area contributed by atoms with Crippen LogP contribution >= 0.6 is 0 Å². The predicted octanol–water partition coefficient (Wildman–Crippen LogP) is 5.56. The molecule has 0 aliphatic carbocycles. The van der Waals surface area contributed by atoms with Gasteiger partial charge in [0.05, 0.1) is 0 Å². The molecule has 1 aromatic carbocycles. The minimum atomic E-state index is 1.10. The van der Waals surface area contributed by atoms with Crippen molar-refractivity contribution in [3.05, 3.63) is 71.8 Å². The Bertz CT molecular complexity index is 511. The fourth-order valence-corrected chi connectivity index (χ4v) is 1.81. The highest BCUT2D eigenvalue weighted by molar-refractivity contribution is 5.78. The van der Waals surface area contributed by atoms with Gasteiger partial charge in [-0.1, -0.05) is 54.7 Å². The van der Waals surface area contributed by atoms with Crippen LogP contribution in [0.15, 0.2) is 55.2 Å². The Morgan fingerprint density at radius 2 is 1.89 bits per heavy atom. The van der Waals surface area contributed by atoms with Gasteiger partial charge in [0, 0.05) is 0 Å². The van der Waals surface area contributed by atoms with Crippen molar-refractivity contribution in [1.82, 2.24) is 0 Å². The summed E-state index contributed by atoms with van der Waals surface area (Å²) in [5.41, 5.74) is 6.12. The number of benzene rings is 1. The van der Waals surface area contributed by atoms with Crippen molar-refractivity contribution in [2.45, 2.75) is 27.7 Å². The molecule has 0 N–H and O–H groups in total. The molecule has 0 atom stereocenters. The lowest BCUT2D eigenvalue weighted by Gasteiger charge is -2.10. The molecule has 0 aromatic heterocycles. The quantitative estimate of drug-likeness (QED) is 0.602. The van der Waals surface area contributed by atoms with Crippen molar-refractivity contribution < 1.29 is 0 Å². The van der Waals surface area contributed by atoms with Crippen molar-refractivity contribution in [3.8, 4) is 0 Å². The number of hydrogen-bond acceptors (Lipinski definition) is 0. The van der Waals surface area contributed by atoms with E-state index in [1.807, 2.05) is 26.0 Å². The third kappa shape index (κ3) is 3.59. The molecule has 0 nitrogen and oxygen atoms in total. The highest BCUT2D eigenvalue weighted by Gasteiger charge is 2.03. The molecule has 0 heteroatoms. The molecule has 0 bridgehead atoms. The van der Waals surface area contributed by atoms with Gasteiger partial charge in [-0.25, -0.2) is 0 Å². The second-order valence-electron chi connectivity index (χ2n) is 4.44. The van der Waals surface area contributed by atoms with Gasteiger partial charge in [0.1, 0.15) is 0 Å². The van der Waals surface area contributed by atoms with Gasteiger partial charge >= 0.3 is 0 Å². The van der Waals surface area contributed by atoms with E-state index in [9.17, 15) is 0 Å². The summed E-state index contributed by atoms with van der Waals surface area (Å²) in [7, 11) is 0. The summed E-state index contributed by atoms with van der Waals surface area (Å²) in [4.78, 5) is 0. The fraction of sp³-hybridized carbons (Fsp3) is 0.222. The average molecular weight is 238 g/mol. The number of hydrogen-bond donors (Lipinski definition) is 0. The summed E-state index contributed by atoms with van der Waals surface area (Å²) in [5.74, 6) is 0. The first kappa shape index (κ1) is 14.2. The zero-order valence-electron chi connectivity index (χ0n) is 11.8. The Labute approximate surface area is 111 Å². The number of rotatable bonds is 4. The molecular formula is C18H22. The lowest BCUT2D eigenvalue weighted by Crippen LogP contribution is -1.89. The van der Waals surface area contributed by atoms with Crippen LogP contribution in [0.2, 0.25) is 0 Å². The van der Waals surface area contributed by atoms with Crippen molar-refractivity contribution in [2.75, 3.05) is 0 Å². The second kappa shape index (κ2) is 6.80. The summed E-state index contributed by atoms with van der Waals surface area (Å²) in [6.45, 7) is 12.3. The van der Waals surface area contributed by atoms with Gasteiger partial charge in [0.25, 0.3) is 0 Å². The largest absolute Gasteiger partial charge is 0.0955 e. The molecule has 1 aromatic rings. The van der Waals surface area contributed by atoms with Crippen LogP contribution in [0.3, 0.4) is 0 Å². The van der Waals surface area contributed by atoms with Gasteiger partial charge in [-0.3, -0.25) is 0 Å². The van der Waals surface area contributed by atoms with Crippen LogP contribution in [0.4, 0.5) is 0 Å². The van der Waals surface area contributed by atoms with Crippen molar-refractivity contribution in [2.24, 2.45) is 0 Å². The van der Waals surface area contributed by atoms with Gasteiger partial charge in [-0.05, 0) is 56.0 Å². The first-order valence-electron chi connectivity index (χ1n) is 6.32. The van der Waals surface area contributed by atoms with Crippen LogP contribution in [0.5, 0.6) is 0 Å². The van der Waals surface area contributed by atoms with Crippen LogP contribution in [-0.2, 0) is 0 Å². The maximum atomic E-state index is 4.01. The van der Waals surface area contributed by atoms with E-state index >= 15 is 0 Å². The zero-order valence-corrected chi connectivity index (χ0v) is 11.8. The monoisotopic (exact) mass is 238 g/mol. The summed E-state index contributed by atoms with van der Waals surface area (Å²) in [6, 6.07) is 6.50. The van der Waals surface area contributed by atoms with Crippen LogP contribution in [-0.4, -0.2) is 0 Å². The molecule has 0 fully saturated rings. The van der Waals surface area contributed by atoms with E-state index in [-0.39, 0.29) is 0 Å². The normalized spacial score (nSPS) is 12.6. The maximum absolute atomic E-state index is 4.01. The molecular weight excluding hydrogens is 216 g/mol. The Morgan fingerprint density at radius 3 is 2.44 bits per heavy atom. The number of allylic oxidation sites excluding steroid dienone is 7. The molecule has 0 amide bonds. The molecule has 0 radical (unpaired) electrons. The van der Waals surface area contributed by atoms with Gasteiger partial charge in [0.15, 0.2) is 0 Å². The Kier molecular flexibility index (Phi) is 5.38. The van der Waals surface area contributed by atoms with E-state index in [1.165, 1.54) is 22.3 Å². The first-order valence-corrected chi connectivity index (χ1v) is 6.32. The lowest BCUT2D eigenvalue weighted by atomic mass is 9.95. The fourth-order valence-electron chi connectivity index (χ4n) is 1.81. The molecule has 18 heavy (non-hydrogen) atoms. The highest BCUT2D eigenvalue weighted by Crippen LogP contribution is 2.24. The van der Waals surface area contributed by atoms with E-state index in [0.29, 0.717) is 0 Å². The van der Waals surface area contributed by atoms with Gasteiger partial charge in [-0.2, -0.15) is 0 Å². The Balaban J connectivity index is 3.21. The molecule has 0 aliphatic heterocycles.